The first-order valence-electron chi connectivity index (χ1n) is 31.4. The molecule has 0 saturated carbocycles. The number of hydrogen-bond donors (Lipinski definition) is 0. The van der Waals surface area contributed by atoms with E-state index in [0.717, 1.165) is 59.6 Å². The monoisotopic (exact) mass is 1160 g/mol. The molecule has 76 heavy (non-hydrogen) atoms. The summed E-state index contributed by atoms with van der Waals surface area (Å²) in [5, 5.41) is 5.57. The van der Waals surface area contributed by atoms with E-state index in [-0.39, 0.29) is 0 Å². The van der Waals surface area contributed by atoms with Crippen LogP contribution in [0.25, 0.3) is 43.6 Å². The Hall–Kier alpha value is -3.74. The molecule has 0 aliphatic heterocycles. The Morgan fingerprint density at radius 2 is 0.447 bits per heavy atom. The van der Waals surface area contributed by atoms with Crippen LogP contribution < -0.4 is 9.47 Å². The van der Waals surface area contributed by atoms with E-state index in [9.17, 15) is 0 Å². The van der Waals surface area contributed by atoms with E-state index in [4.69, 9.17) is 9.47 Å². The van der Waals surface area contributed by atoms with Crippen molar-refractivity contribution < 1.29 is 9.47 Å². The molecule has 5 aromatic carbocycles. The number of nitrogens with zero attached hydrogens (tertiary/aromatic N) is 2. The summed E-state index contributed by atoms with van der Waals surface area (Å²) in [6.07, 6.45) is 49.2. The number of fused-ring (bicyclic) bond motifs is 6. The van der Waals surface area contributed by atoms with E-state index in [1.807, 2.05) is 0 Å². The van der Waals surface area contributed by atoms with Gasteiger partial charge in [-0.2, -0.15) is 0 Å². The fourth-order valence-corrected chi connectivity index (χ4v) is 12.9. The van der Waals surface area contributed by atoms with Crippen LogP contribution in [0.1, 0.15) is 231 Å². The van der Waals surface area contributed by atoms with Crippen molar-refractivity contribution in [1.29, 1.82) is 0 Å². The van der Waals surface area contributed by atoms with Gasteiger partial charge >= 0.3 is 0 Å². The van der Waals surface area contributed by atoms with Gasteiger partial charge < -0.3 is 18.6 Å². The maximum Gasteiger partial charge on any atom is 0.134 e. The van der Waals surface area contributed by atoms with Crippen LogP contribution in [-0.2, 0) is 13.1 Å². The Morgan fingerprint density at radius 1 is 0.250 bits per heavy atom. The van der Waals surface area contributed by atoms with Crippen molar-refractivity contribution in [3.05, 3.63) is 118 Å². The zero-order valence-electron chi connectivity index (χ0n) is 47.1. The molecule has 6 heteroatoms. The number of rotatable bonds is 44. The van der Waals surface area contributed by atoms with Crippen LogP contribution in [0.2, 0.25) is 0 Å². The van der Waals surface area contributed by atoms with Gasteiger partial charge in [0.1, 0.15) is 11.5 Å². The molecule has 7 aromatic rings. The number of ether oxygens (including phenoxy) is 2. The molecule has 0 N–H and O–H groups in total. The highest BCUT2D eigenvalue weighted by Crippen LogP contribution is 2.37. The Labute approximate surface area is 478 Å². The average molecular weight is 1160 g/mol. The van der Waals surface area contributed by atoms with Gasteiger partial charge in [0.15, 0.2) is 0 Å². The standard InChI is InChI=1S/C70H98Br2N2O2/c71-63-58-70(76-56-44-32-28-24-20-16-12-8-4-2-6-10-14-18-22-26-30-42-54-74-67-51-39-35-47-61(67)62-48-36-40-52-68(62)74)64(72)57-69(63)75-55-43-31-27-23-19-15-11-7-3-1-5-9-13-17-21-25-29-41-53-73-65-49-37-33-45-59(65)60-46-34-38-50-66(60)73/h33-40,45-52,57-58H,1-32,41-44,53-56H2. The second kappa shape index (κ2) is 36.4. The molecular weight excluding hydrogens is 1060 g/mol. The highest BCUT2D eigenvalue weighted by Gasteiger charge is 2.12. The Balaban J connectivity index is 0.564. The summed E-state index contributed by atoms with van der Waals surface area (Å²) in [6.45, 7) is 3.80. The fraction of sp³-hybridized carbons (Fsp3) is 0.571. The minimum atomic E-state index is 0.768. The van der Waals surface area contributed by atoms with E-state index < -0.39 is 0 Å². The molecule has 0 radical (unpaired) electrons. The van der Waals surface area contributed by atoms with E-state index in [2.05, 4.69) is 150 Å². The number of benzene rings is 5. The molecule has 2 aromatic heterocycles. The SMILES string of the molecule is Brc1cc(OCCCCCCCCCCCCCCCCCCCCn2c3ccccc3c3ccccc32)c(Br)cc1OCCCCCCCCCCCCCCCCCCCCn1c2ccccc2c2ccccc21. The van der Waals surface area contributed by atoms with Crippen LogP contribution in [0.3, 0.4) is 0 Å². The lowest BCUT2D eigenvalue weighted by molar-refractivity contribution is 0.293. The molecule has 0 fully saturated rings. The Kier molecular flexibility index (Phi) is 28.7. The van der Waals surface area contributed by atoms with Gasteiger partial charge in [0, 0.05) is 56.7 Å². The van der Waals surface area contributed by atoms with Crippen molar-refractivity contribution in [1.82, 2.24) is 9.13 Å². The Morgan fingerprint density at radius 3 is 0.684 bits per heavy atom. The zero-order valence-corrected chi connectivity index (χ0v) is 50.3. The second-order valence-electron chi connectivity index (χ2n) is 22.5. The van der Waals surface area contributed by atoms with Crippen molar-refractivity contribution in [2.24, 2.45) is 0 Å². The van der Waals surface area contributed by atoms with Gasteiger partial charge in [-0.3, -0.25) is 0 Å². The molecule has 414 valence electrons. The normalized spacial score (nSPS) is 11.8. The highest BCUT2D eigenvalue weighted by molar-refractivity contribution is 9.11. The third kappa shape index (κ3) is 20.5. The molecule has 0 spiro atoms. The Bertz CT molecular complexity index is 2360. The molecule has 0 unspecified atom stereocenters. The lowest BCUT2D eigenvalue weighted by atomic mass is 10.0. The van der Waals surface area contributed by atoms with Crippen LogP contribution in [0.4, 0.5) is 0 Å². The molecule has 0 saturated heterocycles. The van der Waals surface area contributed by atoms with Crippen molar-refractivity contribution >= 4 is 75.5 Å². The van der Waals surface area contributed by atoms with Gasteiger partial charge in [-0.1, -0.05) is 278 Å². The minimum Gasteiger partial charge on any atom is -0.492 e. The van der Waals surface area contributed by atoms with Gasteiger partial charge in [-0.05, 0) is 93.9 Å². The first-order chi connectivity index (χ1) is 37.7. The quantitative estimate of drug-likeness (QED) is 0.0356. The van der Waals surface area contributed by atoms with Crippen LogP contribution in [0.15, 0.2) is 118 Å². The van der Waals surface area contributed by atoms with E-state index in [1.165, 1.54) is 262 Å². The summed E-state index contributed by atoms with van der Waals surface area (Å²) in [5.41, 5.74) is 5.55. The predicted octanol–water partition coefficient (Wildman–Crippen LogP) is 23.6. The number of aromatic nitrogens is 2. The van der Waals surface area contributed by atoms with E-state index in [0.29, 0.717) is 0 Å². The van der Waals surface area contributed by atoms with Gasteiger partial charge in [-0.15, -0.1) is 0 Å². The van der Waals surface area contributed by atoms with E-state index in [1.54, 1.807) is 0 Å². The molecule has 0 aliphatic rings. The first kappa shape index (κ1) is 59.9. The van der Waals surface area contributed by atoms with Crippen molar-refractivity contribution in [3.63, 3.8) is 0 Å². The summed E-state index contributed by atoms with van der Waals surface area (Å²) in [6, 6.07) is 39.7. The number of unbranched alkanes of at least 4 members (excludes halogenated alkanes) is 34. The summed E-state index contributed by atoms with van der Waals surface area (Å²) >= 11 is 7.48. The van der Waals surface area contributed by atoms with Crippen molar-refractivity contribution in [3.8, 4) is 11.5 Å². The number of aryl methyl sites for hydroxylation is 2. The number of para-hydroxylation sites is 4. The molecule has 0 aliphatic carbocycles. The third-order valence-corrected chi connectivity index (χ3v) is 17.7. The molecule has 7 rings (SSSR count). The summed E-state index contributed by atoms with van der Waals surface area (Å²) in [4.78, 5) is 0. The van der Waals surface area contributed by atoms with E-state index >= 15 is 0 Å². The van der Waals surface area contributed by atoms with Crippen LogP contribution in [-0.4, -0.2) is 22.3 Å². The summed E-state index contributed by atoms with van der Waals surface area (Å²) in [5.74, 6) is 1.80. The molecule has 0 atom stereocenters. The summed E-state index contributed by atoms with van der Waals surface area (Å²) in [7, 11) is 0. The molecule has 4 nitrogen and oxygen atoms in total. The van der Waals surface area contributed by atoms with Crippen LogP contribution in [0.5, 0.6) is 11.5 Å². The lowest BCUT2D eigenvalue weighted by Gasteiger charge is -2.13. The molecule has 2 heterocycles. The van der Waals surface area contributed by atoms with Gasteiger partial charge in [0.05, 0.1) is 22.2 Å². The highest BCUT2D eigenvalue weighted by atomic mass is 79.9. The minimum absolute atomic E-state index is 0.768. The lowest BCUT2D eigenvalue weighted by Crippen LogP contribution is -2.01. The average Bonchev–Trinajstić information content (AvgIpc) is 3.94. The number of halogens is 2. The van der Waals surface area contributed by atoms with Crippen LogP contribution >= 0.6 is 31.9 Å². The molecule has 0 amide bonds. The number of hydrogen-bond acceptors (Lipinski definition) is 2. The van der Waals surface area contributed by atoms with Crippen molar-refractivity contribution in [2.45, 2.75) is 244 Å². The largest absolute Gasteiger partial charge is 0.492 e. The molecular formula is C70H98Br2N2O2. The van der Waals surface area contributed by atoms with Gasteiger partial charge in [-0.25, -0.2) is 0 Å². The first-order valence-corrected chi connectivity index (χ1v) is 32.9. The third-order valence-electron chi connectivity index (χ3n) is 16.4. The van der Waals surface area contributed by atoms with Crippen LogP contribution in [0, 0.1) is 0 Å². The van der Waals surface area contributed by atoms with Crippen molar-refractivity contribution in [2.75, 3.05) is 13.2 Å². The van der Waals surface area contributed by atoms with Gasteiger partial charge in [0.25, 0.3) is 0 Å². The maximum absolute atomic E-state index is 6.18. The molecule has 0 bridgehead atoms. The topological polar surface area (TPSA) is 28.3 Å². The zero-order chi connectivity index (χ0) is 52.5. The smallest absolute Gasteiger partial charge is 0.134 e. The maximum atomic E-state index is 6.18. The second-order valence-corrected chi connectivity index (χ2v) is 24.2. The summed E-state index contributed by atoms with van der Waals surface area (Å²) < 4.78 is 19.4. The van der Waals surface area contributed by atoms with Gasteiger partial charge in [0.2, 0.25) is 0 Å². The predicted molar refractivity (Wildman–Crippen MR) is 338 cm³/mol. The fourth-order valence-electron chi connectivity index (χ4n) is 12.0.